The van der Waals surface area contributed by atoms with Crippen molar-refractivity contribution in [1.29, 1.82) is 0 Å². The van der Waals surface area contributed by atoms with Crippen molar-refractivity contribution in [3.8, 4) is 0 Å². The fourth-order valence-corrected chi connectivity index (χ4v) is 2.01. The van der Waals surface area contributed by atoms with E-state index in [2.05, 4.69) is 25.3 Å². The molecule has 0 spiro atoms. The van der Waals surface area contributed by atoms with Crippen LogP contribution in [0.4, 0.5) is 11.5 Å². The summed E-state index contributed by atoms with van der Waals surface area (Å²) in [5.41, 5.74) is 2.49. The molecule has 8 nitrogen and oxygen atoms in total. The maximum absolute atomic E-state index is 10.6. The van der Waals surface area contributed by atoms with Crippen LogP contribution in [0.25, 0.3) is 11.2 Å². The highest BCUT2D eigenvalue weighted by molar-refractivity contribution is 5.81. The molecule has 0 amide bonds. The Labute approximate surface area is 119 Å². The number of H-pyrrole nitrogens is 1. The number of nitro benzene ring substituents is 1. The number of fused-ring (bicyclic) bond motifs is 1. The number of aromatic amines is 1. The zero-order valence-electron chi connectivity index (χ0n) is 11.0. The van der Waals surface area contributed by atoms with Crippen molar-refractivity contribution in [2.45, 2.75) is 6.42 Å². The SMILES string of the molecule is O=[N+]([O-])c1ccc(CCNc2ncnc3nc[nH]c23)cc1. The first-order chi connectivity index (χ1) is 10.2. The maximum Gasteiger partial charge on any atom is 0.269 e. The molecule has 0 aliphatic heterocycles. The van der Waals surface area contributed by atoms with Gasteiger partial charge in [0.1, 0.15) is 11.8 Å². The van der Waals surface area contributed by atoms with Gasteiger partial charge in [-0.15, -0.1) is 0 Å². The van der Waals surface area contributed by atoms with E-state index in [1.54, 1.807) is 18.5 Å². The Morgan fingerprint density at radius 1 is 1.19 bits per heavy atom. The first kappa shape index (κ1) is 13.0. The van der Waals surface area contributed by atoms with Gasteiger partial charge in [0.2, 0.25) is 0 Å². The molecular formula is C13H12N6O2. The number of imidazole rings is 1. The molecule has 0 radical (unpaired) electrons. The topological polar surface area (TPSA) is 110 Å². The number of nitrogens with zero attached hydrogens (tertiary/aromatic N) is 4. The molecule has 1 aromatic carbocycles. The third-order valence-corrected chi connectivity index (χ3v) is 3.08. The van der Waals surface area contributed by atoms with Gasteiger partial charge in [-0.1, -0.05) is 12.1 Å². The van der Waals surface area contributed by atoms with E-state index in [1.807, 2.05) is 0 Å². The van der Waals surface area contributed by atoms with Crippen molar-refractivity contribution < 1.29 is 4.92 Å². The monoisotopic (exact) mass is 284 g/mol. The molecule has 2 N–H and O–H groups in total. The van der Waals surface area contributed by atoms with E-state index in [0.717, 1.165) is 17.5 Å². The number of anilines is 1. The molecule has 0 unspecified atom stereocenters. The summed E-state index contributed by atoms with van der Waals surface area (Å²) < 4.78 is 0. The highest BCUT2D eigenvalue weighted by atomic mass is 16.6. The first-order valence-electron chi connectivity index (χ1n) is 6.35. The second-order valence-corrected chi connectivity index (χ2v) is 4.42. The highest BCUT2D eigenvalue weighted by Gasteiger charge is 2.06. The van der Waals surface area contributed by atoms with Crippen LogP contribution in [0.2, 0.25) is 0 Å². The Morgan fingerprint density at radius 3 is 2.76 bits per heavy atom. The van der Waals surface area contributed by atoms with Crippen LogP contribution in [-0.4, -0.2) is 31.4 Å². The lowest BCUT2D eigenvalue weighted by Gasteiger charge is -2.05. The van der Waals surface area contributed by atoms with Crippen molar-refractivity contribution in [1.82, 2.24) is 19.9 Å². The number of non-ortho nitro benzene ring substituents is 1. The van der Waals surface area contributed by atoms with Gasteiger partial charge in [0.15, 0.2) is 11.5 Å². The molecule has 2 aromatic heterocycles. The van der Waals surface area contributed by atoms with Crippen LogP contribution in [0.15, 0.2) is 36.9 Å². The predicted octanol–water partition coefficient (Wildman–Crippen LogP) is 1.92. The minimum Gasteiger partial charge on any atom is -0.368 e. The number of benzene rings is 1. The highest BCUT2D eigenvalue weighted by Crippen LogP contribution is 2.15. The van der Waals surface area contributed by atoms with Crippen LogP contribution in [0.1, 0.15) is 5.56 Å². The molecule has 3 rings (SSSR count). The van der Waals surface area contributed by atoms with Crippen LogP contribution in [0.5, 0.6) is 0 Å². The second kappa shape index (κ2) is 5.53. The van der Waals surface area contributed by atoms with Gasteiger partial charge in [0, 0.05) is 18.7 Å². The summed E-state index contributed by atoms with van der Waals surface area (Å²) >= 11 is 0. The number of rotatable bonds is 5. The minimum atomic E-state index is -0.405. The number of hydrogen-bond acceptors (Lipinski definition) is 6. The van der Waals surface area contributed by atoms with Gasteiger partial charge in [-0.25, -0.2) is 15.0 Å². The fourth-order valence-electron chi connectivity index (χ4n) is 2.01. The van der Waals surface area contributed by atoms with Crippen molar-refractivity contribution in [2.75, 3.05) is 11.9 Å². The molecule has 0 fully saturated rings. The van der Waals surface area contributed by atoms with Gasteiger partial charge in [-0.05, 0) is 12.0 Å². The largest absolute Gasteiger partial charge is 0.368 e. The summed E-state index contributed by atoms with van der Waals surface area (Å²) in [4.78, 5) is 25.4. The van der Waals surface area contributed by atoms with Crippen molar-refractivity contribution in [2.24, 2.45) is 0 Å². The van der Waals surface area contributed by atoms with E-state index >= 15 is 0 Å². The van der Waals surface area contributed by atoms with Crippen LogP contribution in [0.3, 0.4) is 0 Å². The average molecular weight is 284 g/mol. The maximum atomic E-state index is 10.6. The summed E-state index contributed by atoms with van der Waals surface area (Å²) in [5, 5.41) is 13.8. The number of nitro groups is 1. The Kier molecular flexibility index (Phi) is 3.42. The predicted molar refractivity (Wildman–Crippen MR) is 77.0 cm³/mol. The zero-order chi connectivity index (χ0) is 14.7. The Hall–Kier alpha value is -3.03. The molecule has 0 aliphatic rings. The molecule has 0 bridgehead atoms. The summed E-state index contributed by atoms with van der Waals surface area (Å²) in [7, 11) is 0. The van der Waals surface area contributed by atoms with Gasteiger partial charge in [0.05, 0.1) is 11.3 Å². The standard InChI is InChI=1S/C13H12N6O2/c20-19(21)10-3-1-9(2-4-10)5-6-14-12-11-13(16-7-15-11)18-8-17-12/h1-4,7-8H,5-6H2,(H2,14,15,16,17,18). The summed E-state index contributed by atoms with van der Waals surface area (Å²) in [6.07, 6.45) is 3.76. The van der Waals surface area contributed by atoms with E-state index in [-0.39, 0.29) is 5.69 Å². The molecule has 0 aliphatic carbocycles. The quantitative estimate of drug-likeness (QED) is 0.547. The molecular weight excluding hydrogens is 272 g/mol. The smallest absolute Gasteiger partial charge is 0.269 e. The lowest BCUT2D eigenvalue weighted by Crippen LogP contribution is -2.07. The Bertz CT molecular complexity index is 768. The van der Waals surface area contributed by atoms with Crippen LogP contribution in [-0.2, 0) is 6.42 Å². The molecule has 21 heavy (non-hydrogen) atoms. The van der Waals surface area contributed by atoms with Gasteiger partial charge in [-0.3, -0.25) is 10.1 Å². The van der Waals surface area contributed by atoms with E-state index in [1.165, 1.54) is 18.5 Å². The molecule has 106 valence electrons. The van der Waals surface area contributed by atoms with Crippen LogP contribution >= 0.6 is 0 Å². The second-order valence-electron chi connectivity index (χ2n) is 4.42. The third kappa shape index (κ3) is 2.78. The van der Waals surface area contributed by atoms with Crippen molar-refractivity contribution in [3.05, 3.63) is 52.6 Å². The number of nitrogens with one attached hydrogen (secondary N) is 2. The molecule has 8 heteroatoms. The van der Waals surface area contributed by atoms with E-state index < -0.39 is 4.92 Å². The zero-order valence-corrected chi connectivity index (χ0v) is 11.0. The summed E-state index contributed by atoms with van der Waals surface area (Å²) in [5.74, 6) is 0.694. The van der Waals surface area contributed by atoms with Gasteiger partial charge < -0.3 is 10.3 Å². The molecule has 0 atom stereocenters. The molecule has 2 heterocycles. The number of hydrogen-bond donors (Lipinski definition) is 2. The average Bonchev–Trinajstić information content (AvgIpc) is 2.97. The van der Waals surface area contributed by atoms with E-state index in [4.69, 9.17) is 0 Å². The van der Waals surface area contributed by atoms with Crippen molar-refractivity contribution >= 4 is 22.7 Å². The first-order valence-corrected chi connectivity index (χ1v) is 6.35. The number of aromatic nitrogens is 4. The Morgan fingerprint density at radius 2 is 2.00 bits per heavy atom. The summed E-state index contributed by atoms with van der Waals surface area (Å²) in [6, 6.07) is 6.53. The fraction of sp³-hybridized carbons (Fsp3) is 0.154. The normalized spacial score (nSPS) is 10.7. The molecule has 0 saturated carbocycles. The lowest BCUT2D eigenvalue weighted by molar-refractivity contribution is -0.384. The van der Waals surface area contributed by atoms with Gasteiger partial charge in [-0.2, -0.15) is 0 Å². The van der Waals surface area contributed by atoms with Crippen LogP contribution in [0, 0.1) is 10.1 Å². The van der Waals surface area contributed by atoms with Crippen LogP contribution < -0.4 is 5.32 Å². The lowest BCUT2D eigenvalue weighted by atomic mass is 10.1. The molecule has 3 aromatic rings. The third-order valence-electron chi connectivity index (χ3n) is 3.08. The van der Waals surface area contributed by atoms with Crippen molar-refractivity contribution in [3.63, 3.8) is 0 Å². The minimum absolute atomic E-state index is 0.0988. The van der Waals surface area contributed by atoms with E-state index in [9.17, 15) is 10.1 Å². The van der Waals surface area contributed by atoms with Gasteiger partial charge in [0.25, 0.3) is 5.69 Å². The van der Waals surface area contributed by atoms with Gasteiger partial charge >= 0.3 is 0 Å². The summed E-state index contributed by atoms with van der Waals surface area (Å²) in [6.45, 7) is 0.656. The van der Waals surface area contributed by atoms with E-state index in [0.29, 0.717) is 18.0 Å². The Balaban J connectivity index is 1.63. The molecule has 0 saturated heterocycles.